The van der Waals surface area contributed by atoms with Gasteiger partial charge in [0.25, 0.3) is 0 Å². The number of aromatic nitrogens is 4. The molecule has 1 aliphatic heterocycles. The number of likely N-dealkylation sites (tertiary alicyclic amines) is 1. The Morgan fingerprint density at radius 1 is 1.17 bits per heavy atom. The lowest BCUT2D eigenvalue weighted by molar-refractivity contribution is -0.120. The maximum atomic E-state index is 15.3. The highest BCUT2D eigenvalue weighted by Crippen LogP contribution is 2.41. The van der Waals surface area contributed by atoms with Crippen LogP contribution >= 0.6 is 11.9 Å². The largest absolute Gasteiger partial charge is 0.485 e. The zero-order valence-corrected chi connectivity index (χ0v) is 35.4. The van der Waals surface area contributed by atoms with Crippen LogP contribution in [0.2, 0.25) is 0 Å². The van der Waals surface area contributed by atoms with E-state index in [1.54, 1.807) is 25.5 Å². The third-order valence-corrected chi connectivity index (χ3v) is 11.0. The van der Waals surface area contributed by atoms with E-state index in [-0.39, 0.29) is 29.5 Å². The fourth-order valence-electron chi connectivity index (χ4n) is 7.10. The van der Waals surface area contributed by atoms with Crippen molar-refractivity contribution in [3.05, 3.63) is 66.5 Å². The monoisotopic (exact) mass is 816 g/mol. The van der Waals surface area contributed by atoms with E-state index >= 15 is 4.39 Å². The van der Waals surface area contributed by atoms with E-state index in [2.05, 4.69) is 68.1 Å². The summed E-state index contributed by atoms with van der Waals surface area (Å²) in [6, 6.07) is 10.9. The predicted molar refractivity (Wildman–Crippen MR) is 231 cm³/mol. The van der Waals surface area contributed by atoms with Gasteiger partial charge in [0.2, 0.25) is 11.7 Å². The molecule has 15 nitrogen and oxygen atoms in total. The third kappa shape index (κ3) is 11.7. The van der Waals surface area contributed by atoms with Gasteiger partial charge in [-0.25, -0.2) is 18.7 Å². The van der Waals surface area contributed by atoms with Crippen LogP contribution in [0.3, 0.4) is 0 Å². The number of anilines is 3. The number of ether oxygens (including phenoxy) is 1. The van der Waals surface area contributed by atoms with Crippen LogP contribution in [0.1, 0.15) is 57.4 Å². The average Bonchev–Trinajstić information content (AvgIpc) is 3.74. The van der Waals surface area contributed by atoms with Crippen LogP contribution in [0.25, 0.3) is 11.3 Å². The molecular formula is C41H57FN12O3S. The van der Waals surface area contributed by atoms with Crippen LogP contribution in [0, 0.1) is 5.82 Å². The molecule has 58 heavy (non-hydrogen) atoms. The van der Waals surface area contributed by atoms with E-state index in [0.717, 1.165) is 68.0 Å². The topological polar surface area (TPSA) is 173 Å². The zero-order valence-electron chi connectivity index (χ0n) is 34.5. The molecule has 2 aromatic carbocycles. The summed E-state index contributed by atoms with van der Waals surface area (Å²) in [6.45, 7) is 7.58. The van der Waals surface area contributed by atoms with Crippen LogP contribution in [-0.2, 0) is 9.59 Å². The minimum Gasteiger partial charge on any atom is -0.485 e. The van der Waals surface area contributed by atoms with Gasteiger partial charge >= 0.3 is 0 Å². The number of para-hydroxylation sites is 1. The summed E-state index contributed by atoms with van der Waals surface area (Å²) in [5.41, 5.74) is 11.0. The molecule has 1 saturated heterocycles. The van der Waals surface area contributed by atoms with Crippen molar-refractivity contribution < 1.29 is 18.7 Å². The molecule has 1 amide bonds. The fourth-order valence-corrected chi connectivity index (χ4v) is 7.97. The van der Waals surface area contributed by atoms with Crippen molar-refractivity contribution in [3.63, 3.8) is 0 Å². The lowest BCUT2D eigenvalue weighted by Gasteiger charge is -2.36. The number of nitrogens with two attached hydrogens (primary N) is 1. The number of aliphatic imine (C=N–C) groups is 1. The molecule has 0 aliphatic carbocycles. The first-order valence-electron chi connectivity index (χ1n) is 19.6. The molecule has 0 spiro atoms. The van der Waals surface area contributed by atoms with Gasteiger partial charge in [-0.3, -0.25) is 9.89 Å². The van der Waals surface area contributed by atoms with Gasteiger partial charge in [-0.15, -0.1) is 0 Å². The van der Waals surface area contributed by atoms with E-state index in [0.29, 0.717) is 35.8 Å². The molecule has 5 N–H and O–H groups in total. The second-order valence-electron chi connectivity index (χ2n) is 14.8. The van der Waals surface area contributed by atoms with Gasteiger partial charge in [0.05, 0.1) is 35.4 Å². The molecule has 17 heteroatoms. The highest BCUT2D eigenvalue weighted by molar-refractivity contribution is 7.97. The van der Waals surface area contributed by atoms with E-state index in [1.165, 1.54) is 29.9 Å². The van der Waals surface area contributed by atoms with Crippen molar-refractivity contribution in [3.8, 4) is 17.0 Å². The number of carbonyl (C=O) groups is 2. The Labute approximate surface area is 345 Å². The molecule has 1 atom stereocenters. The maximum absolute atomic E-state index is 15.3. The average molecular weight is 817 g/mol. The molecule has 1 fully saturated rings. The summed E-state index contributed by atoms with van der Waals surface area (Å²) in [5, 5.41) is 12.3. The summed E-state index contributed by atoms with van der Waals surface area (Å²) in [6.07, 6.45) is 9.24. The number of benzene rings is 2. The minimum atomic E-state index is -0.459. The summed E-state index contributed by atoms with van der Waals surface area (Å²) in [5.74, 6) is 0.367. The van der Waals surface area contributed by atoms with Crippen LogP contribution in [0.5, 0.6) is 5.75 Å². The first kappa shape index (κ1) is 43.9. The summed E-state index contributed by atoms with van der Waals surface area (Å²) in [4.78, 5) is 44.4. The minimum absolute atomic E-state index is 0.0520. The van der Waals surface area contributed by atoms with Crippen molar-refractivity contribution in [1.82, 2.24) is 34.7 Å². The van der Waals surface area contributed by atoms with Crippen molar-refractivity contribution >= 4 is 53.0 Å². The molecular weight excluding hydrogens is 760 g/mol. The number of rotatable bonds is 19. The number of guanidine groups is 1. The third-order valence-electron chi connectivity index (χ3n) is 10.0. The number of aromatic amines is 1. The quantitative estimate of drug-likeness (QED) is 0.0396. The first-order valence-corrected chi connectivity index (χ1v) is 20.4. The van der Waals surface area contributed by atoms with E-state index in [4.69, 9.17) is 10.5 Å². The summed E-state index contributed by atoms with van der Waals surface area (Å²) < 4.78 is 23.4. The molecule has 0 radical (unpaired) electrons. The number of hydrogen-bond donors (Lipinski definition) is 4. The highest BCUT2D eigenvalue weighted by Gasteiger charge is 2.27. The van der Waals surface area contributed by atoms with Crippen molar-refractivity contribution in [2.45, 2.75) is 68.9 Å². The SMILES string of the molecule is CNC(=O)CC[C@@H](C=O)N(C)c1cccc(C2CCN(CCCN(C)Sc3ccc(NC(N)=Nc4ncnc(-c5cn[nH]c5)c4OC(C)C)c(F)c3)CC2)c1N(C)C. The van der Waals surface area contributed by atoms with Gasteiger partial charge in [-0.2, -0.15) is 10.1 Å². The van der Waals surface area contributed by atoms with Gasteiger partial charge in [-0.1, -0.05) is 12.1 Å². The standard InChI is InChI=1S/C41H57FN12O3S/c1-27(2)57-39-37(29-23-47-48-24-29)45-26-46-40(39)50-41(43)49-34-14-13-31(22-33(34)42)58-52(6)18-9-19-54-20-16-28(17-21-54)32-10-8-11-35(38(32)51(4)5)53(7)30(25-55)12-15-36(56)44-3/h8,10-11,13-14,22-28,30H,9,12,15-21H2,1-7H3,(H,44,56)(H,47,48)(H3,43,45,46,49,50)/t30-/m0/s1. The van der Waals surface area contributed by atoms with Gasteiger partial charge in [-0.05, 0) is 114 Å². The Hall–Kier alpha value is -5.26. The Balaban J connectivity index is 1.11. The molecule has 4 aromatic rings. The maximum Gasteiger partial charge on any atom is 0.219 e. The zero-order chi connectivity index (χ0) is 41.8. The molecule has 1 aliphatic rings. The second-order valence-corrected chi connectivity index (χ2v) is 16.1. The summed E-state index contributed by atoms with van der Waals surface area (Å²) in [7, 11) is 9.66. The molecule has 312 valence electrons. The molecule has 2 aromatic heterocycles. The fraction of sp³-hybridized carbons (Fsp3) is 0.463. The Bertz CT molecular complexity index is 1990. The number of likely N-dealkylation sites (N-methyl/N-ethyl adjacent to an activating group) is 1. The number of halogens is 1. The molecule has 3 heterocycles. The first-order chi connectivity index (χ1) is 27.9. The number of amides is 1. The van der Waals surface area contributed by atoms with Crippen LogP contribution in [0.4, 0.5) is 27.3 Å². The van der Waals surface area contributed by atoms with E-state index in [9.17, 15) is 9.59 Å². The van der Waals surface area contributed by atoms with E-state index in [1.807, 2.05) is 53.0 Å². The lowest BCUT2D eigenvalue weighted by atomic mass is 9.87. The number of nitrogens with zero attached hydrogens (tertiary/aromatic N) is 8. The van der Waals surface area contributed by atoms with E-state index < -0.39 is 11.9 Å². The molecule has 0 saturated carbocycles. The van der Waals surface area contributed by atoms with Crippen LogP contribution in [0.15, 0.2) is 65.0 Å². The Morgan fingerprint density at radius 2 is 1.95 bits per heavy atom. The number of aldehydes is 1. The number of H-pyrrole nitrogens is 1. The molecule has 0 bridgehead atoms. The van der Waals surface area contributed by atoms with Crippen molar-refractivity contribution in [2.75, 3.05) is 76.5 Å². The summed E-state index contributed by atoms with van der Waals surface area (Å²) >= 11 is 1.49. The predicted octanol–water partition coefficient (Wildman–Crippen LogP) is 5.66. The Morgan fingerprint density at radius 3 is 2.60 bits per heavy atom. The number of nitrogens with one attached hydrogen (secondary N) is 3. The smallest absolute Gasteiger partial charge is 0.219 e. The number of hydrogen-bond acceptors (Lipinski definition) is 12. The van der Waals surface area contributed by atoms with Gasteiger partial charge < -0.3 is 40.6 Å². The number of carbonyl (C=O) groups excluding carboxylic acids is 2. The normalized spacial score (nSPS) is 14.4. The van der Waals surface area contributed by atoms with Gasteiger partial charge in [0, 0.05) is 57.8 Å². The highest BCUT2D eigenvalue weighted by atomic mass is 32.2. The van der Waals surface area contributed by atoms with Crippen LogP contribution < -0.4 is 30.9 Å². The van der Waals surface area contributed by atoms with Crippen molar-refractivity contribution in [1.29, 1.82) is 0 Å². The van der Waals surface area contributed by atoms with Crippen molar-refractivity contribution in [2.24, 2.45) is 10.7 Å². The Kier molecular flexibility index (Phi) is 15.8. The van der Waals surface area contributed by atoms with Crippen LogP contribution in [-0.4, -0.2) is 121 Å². The second kappa shape index (κ2) is 20.9. The van der Waals surface area contributed by atoms with Gasteiger partial charge in [0.15, 0.2) is 11.7 Å². The molecule has 0 unspecified atom stereocenters. The lowest BCUT2D eigenvalue weighted by Crippen LogP contribution is -2.36. The van der Waals surface area contributed by atoms with Gasteiger partial charge in [0.1, 0.15) is 24.1 Å². The number of piperidine rings is 1. The molecule has 5 rings (SSSR count).